The van der Waals surface area contributed by atoms with Crippen LogP contribution in [-0.4, -0.2) is 12.0 Å². The number of halogens is 1. The lowest BCUT2D eigenvalue weighted by molar-refractivity contribution is 0.0651. The second kappa shape index (κ2) is 8.29. The lowest BCUT2D eigenvalue weighted by Crippen LogP contribution is -2.23. The molecule has 4 heteroatoms. The van der Waals surface area contributed by atoms with Crippen LogP contribution in [0.2, 0.25) is 0 Å². The molecule has 2 aromatic rings. The number of rotatable bonds is 6. The van der Waals surface area contributed by atoms with Crippen molar-refractivity contribution in [2.45, 2.75) is 33.1 Å². The van der Waals surface area contributed by atoms with Crippen molar-refractivity contribution in [1.29, 1.82) is 0 Å². The lowest BCUT2D eigenvalue weighted by Gasteiger charge is -2.13. The first kappa shape index (κ1) is 17.0. The van der Waals surface area contributed by atoms with Gasteiger partial charge >= 0.3 is 0 Å². The predicted molar refractivity (Wildman–Crippen MR) is 96.7 cm³/mol. The molecule has 0 radical (unpaired) electrons. The molecule has 22 heavy (non-hydrogen) atoms. The molecule has 0 bridgehead atoms. The molecule has 2 aromatic carbocycles. The van der Waals surface area contributed by atoms with Gasteiger partial charge in [0.2, 0.25) is 0 Å². The predicted octanol–water partition coefficient (Wildman–Crippen LogP) is 4.15. The number of ether oxygens (including phenoxy) is 1. The Hall–Kier alpha value is -1.40. The third-order valence-corrected chi connectivity index (χ3v) is 3.89. The first-order chi connectivity index (χ1) is 10.6. The highest BCUT2D eigenvalue weighted by molar-refractivity contribution is 14.1. The first-order valence-corrected chi connectivity index (χ1v) is 8.36. The third kappa shape index (κ3) is 5.10. The molecule has 0 fully saturated rings. The van der Waals surface area contributed by atoms with Gasteiger partial charge in [-0.15, -0.1) is 0 Å². The van der Waals surface area contributed by atoms with Crippen LogP contribution in [0.4, 0.5) is 0 Å². The fourth-order valence-electron chi connectivity index (χ4n) is 2.03. The molecule has 0 heterocycles. The van der Waals surface area contributed by atoms with E-state index in [9.17, 15) is 4.79 Å². The number of amides is 1. The highest BCUT2D eigenvalue weighted by atomic mass is 127. The Kier molecular flexibility index (Phi) is 6.39. The third-order valence-electron chi connectivity index (χ3n) is 3.22. The smallest absolute Gasteiger partial charge is 0.251 e. The lowest BCUT2D eigenvalue weighted by atomic mass is 10.1. The van der Waals surface area contributed by atoms with Gasteiger partial charge in [-0.3, -0.25) is 4.79 Å². The zero-order valence-electron chi connectivity index (χ0n) is 12.8. The molecule has 1 amide bonds. The monoisotopic (exact) mass is 409 g/mol. The number of nitrogens with one attached hydrogen (secondary N) is 1. The Morgan fingerprint density at radius 1 is 1.14 bits per heavy atom. The summed E-state index contributed by atoms with van der Waals surface area (Å²) < 4.78 is 6.71. The van der Waals surface area contributed by atoms with E-state index in [2.05, 4.69) is 27.9 Å². The van der Waals surface area contributed by atoms with E-state index >= 15 is 0 Å². The van der Waals surface area contributed by atoms with Gasteiger partial charge in [-0.05, 0) is 65.8 Å². The van der Waals surface area contributed by atoms with Crippen molar-refractivity contribution in [1.82, 2.24) is 5.32 Å². The van der Waals surface area contributed by atoms with Gasteiger partial charge in [0, 0.05) is 15.7 Å². The van der Waals surface area contributed by atoms with Crippen molar-refractivity contribution < 1.29 is 9.53 Å². The minimum absolute atomic E-state index is 0.0573. The van der Waals surface area contributed by atoms with Crippen molar-refractivity contribution in [2.75, 3.05) is 0 Å². The van der Waals surface area contributed by atoms with Gasteiger partial charge < -0.3 is 10.1 Å². The van der Waals surface area contributed by atoms with Crippen LogP contribution in [0, 0.1) is 3.57 Å². The van der Waals surface area contributed by atoms with E-state index in [0.29, 0.717) is 18.7 Å². The van der Waals surface area contributed by atoms with Crippen LogP contribution < -0.4 is 5.32 Å². The van der Waals surface area contributed by atoms with Crippen LogP contribution in [-0.2, 0) is 17.9 Å². The largest absolute Gasteiger partial charge is 0.374 e. The van der Waals surface area contributed by atoms with Crippen LogP contribution in [0.25, 0.3) is 0 Å². The molecule has 1 N–H and O–H groups in total. The molecular weight excluding hydrogens is 389 g/mol. The van der Waals surface area contributed by atoms with Crippen molar-refractivity contribution in [3.05, 3.63) is 68.8 Å². The maximum absolute atomic E-state index is 12.2. The fraction of sp³-hybridized carbons (Fsp3) is 0.278. The van der Waals surface area contributed by atoms with E-state index in [1.165, 1.54) is 0 Å². The fourth-order valence-corrected chi connectivity index (χ4v) is 2.58. The highest BCUT2D eigenvalue weighted by Crippen LogP contribution is 2.12. The molecular formula is C18H20INO2. The van der Waals surface area contributed by atoms with E-state index in [-0.39, 0.29) is 12.0 Å². The Morgan fingerprint density at radius 2 is 1.86 bits per heavy atom. The van der Waals surface area contributed by atoms with Gasteiger partial charge in [0.15, 0.2) is 0 Å². The van der Waals surface area contributed by atoms with Gasteiger partial charge in [-0.25, -0.2) is 0 Å². The highest BCUT2D eigenvalue weighted by Gasteiger charge is 2.08. The molecule has 0 aliphatic carbocycles. The standard InChI is InChI=1S/C18H20INO2/c1-13(2)22-12-16-7-4-3-6-15(16)11-20-18(21)14-8-5-9-17(19)10-14/h3-10,13H,11-12H2,1-2H3,(H,20,21). The second-order valence-corrected chi connectivity index (χ2v) is 6.57. The Bertz CT molecular complexity index is 640. The van der Waals surface area contributed by atoms with Crippen LogP contribution in [0.1, 0.15) is 35.3 Å². The first-order valence-electron chi connectivity index (χ1n) is 7.28. The van der Waals surface area contributed by atoms with Gasteiger partial charge in [-0.1, -0.05) is 30.3 Å². The normalized spacial score (nSPS) is 10.7. The summed E-state index contributed by atoms with van der Waals surface area (Å²) >= 11 is 2.20. The molecule has 0 aliphatic heterocycles. The molecule has 0 saturated heterocycles. The number of hydrogen-bond donors (Lipinski definition) is 1. The molecule has 2 rings (SSSR count). The van der Waals surface area contributed by atoms with Crippen LogP contribution in [0.5, 0.6) is 0 Å². The molecule has 0 spiro atoms. The van der Waals surface area contributed by atoms with Crippen molar-refractivity contribution >= 4 is 28.5 Å². The topological polar surface area (TPSA) is 38.3 Å². The summed E-state index contributed by atoms with van der Waals surface area (Å²) in [5.74, 6) is -0.0573. The summed E-state index contributed by atoms with van der Waals surface area (Å²) in [6, 6.07) is 15.6. The summed E-state index contributed by atoms with van der Waals surface area (Å²) in [6.45, 7) is 5.09. The zero-order valence-corrected chi connectivity index (χ0v) is 15.0. The molecule has 0 aliphatic rings. The van der Waals surface area contributed by atoms with Crippen LogP contribution in [0.3, 0.4) is 0 Å². The van der Waals surface area contributed by atoms with Crippen molar-refractivity contribution in [3.63, 3.8) is 0 Å². The van der Waals surface area contributed by atoms with Crippen molar-refractivity contribution in [2.24, 2.45) is 0 Å². The summed E-state index contributed by atoms with van der Waals surface area (Å²) in [7, 11) is 0. The number of hydrogen-bond acceptors (Lipinski definition) is 2. The average Bonchev–Trinajstić information content (AvgIpc) is 2.51. The Morgan fingerprint density at radius 3 is 2.55 bits per heavy atom. The molecule has 3 nitrogen and oxygen atoms in total. The van der Waals surface area contributed by atoms with Gasteiger partial charge in [0.25, 0.3) is 5.91 Å². The number of carbonyl (C=O) groups excluding carboxylic acids is 1. The summed E-state index contributed by atoms with van der Waals surface area (Å²) in [4.78, 5) is 12.2. The molecule has 0 aromatic heterocycles. The Balaban J connectivity index is 2.00. The molecule has 0 atom stereocenters. The maximum atomic E-state index is 12.2. The molecule has 116 valence electrons. The van der Waals surface area contributed by atoms with Crippen LogP contribution in [0.15, 0.2) is 48.5 Å². The summed E-state index contributed by atoms with van der Waals surface area (Å²) in [5, 5.41) is 2.97. The summed E-state index contributed by atoms with van der Waals surface area (Å²) in [6.07, 6.45) is 0.189. The van der Waals surface area contributed by atoms with E-state index in [4.69, 9.17) is 4.74 Å². The van der Waals surface area contributed by atoms with Gasteiger partial charge in [0.1, 0.15) is 0 Å². The SMILES string of the molecule is CC(C)OCc1ccccc1CNC(=O)c1cccc(I)c1. The van der Waals surface area contributed by atoms with Crippen molar-refractivity contribution in [3.8, 4) is 0 Å². The van der Waals surface area contributed by atoms with Gasteiger partial charge in [0.05, 0.1) is 12.7 Å². The zero-order chi connectivity index (χ0) is 15.9. The van der Waals surface area contributed by atoms with E-state index < -0.39 is 0 Å². The molecule has 0 unspecified atom stereocenters. The second-order valence-electron chi connectivity index (χ2n) is 5.32. The quantitative estimate of drug-likeness (QED) is 0.729. The minimum Gasteiger partial charge on any atom is -0.374 e. The van der Waals surface area contributed by atoms with E-state index in [0.717, 1.165) is 14.7 Å². The van der Waals surface area contributed by atoms with E-state index in [1.54, 1.807) is 0 Å². The van der Waals surface area contributed by atoms with E-state index in [1.807, 2.05) is 62.4 Å². The van der Waals surface area contributed by atoms with Crippen LogP contribution >= 0.6 is 22.6 Å². The number of carbonyl (C=O) groups is 1. The molecule has 0 saturated carbocycles. The maximum Gasteiger partial charge on any atom is 0.251 e. The minimum atomic E-state index is -0.0573. The average molecular weight is 409 g/mol. The Labute approximate surface area is 145 Å². The summed E-state index contributed by atoms with van der Waals surface area (Å²) in [5.41, 5.74) is 2.88. The van der Waals surface area contributed by atoms with Gasteiger partial charge in [-0.2, -0.15) is 0 Å². The number of benzene rings is 2.